The first-order valence-electron chi connectivity index (χ1n) is 6.68. The van der Waals surface area contributed by atoms with Crippen molar-refractivity contribution in [3.63, 3.8) is 0 Å². The SMILES string of the molecule is CCCCC[C@H]1Cc2c(O)cc(O)cc2[C@H]1C. The lowest BCUT2D eigenvalue weighted by atomic mass is 9.90. The van der Waals surface area contributed by atoms with Gasteiger partial charge < -0.3 is 10.2 Å². The minimum Gasteiger partial charge on any atom is -0.508 e. The van der Waals surface area contributed by atoms with E-state index in [-0.39, 0.29) is 11.5 Å². The summed E-state index contributed by atoms with van der Waals surface area (Å²) in [6, 6.07) is 3.28. The van der Waals surface area contributed by atoms with Crippen LogP contribution in [0, 0.1) is 5.92 Å². The molecule has 0 amide bonds. The van der Waals surface area contributed by atoms with Gasteiger partial charge in [-0.05, 0) is 41.9 Å². The number of fused-ring (bicyclic) bond motifs is 1. The predicted molar refractivity (Wildman–Crippen MR) is 69.5 cm³/mol. The molecule has 0 unspecified atom stereocenters. The first-order chi connectivity index (χ1) is 8.13. The van der Waals surface area contributed by atoms with Crippen molar-refractivity contribution in [1.29, 1.82) is 0 Å². The van der Waals surface area contributed by atoms with E-state index in [1.807, 2.05) is 6.07 Å². The highest BCUT2D eigenvalue weighted by molar-refractivity contribution is 5.49. The summed E-state index contributed by atoms with van der Waals surface area (Å²) in [6.07, 6.45) is 6.00. The molecule has 2 N–H and O–H groups in total. The maximum atomic E-state index is 9.86. The number of phenols is 2. The van der Waals surface area contributed by atoms with E-state index < -0.39 is 0 Å². The van der Waals surface area contributed by atoms with E-state index in [9.17, 15) is 10.2 Å². The Bertz CT molecular complexity index is 398. The zero-order chi connectivity index (χ0) is 12.4. The summed E-state index contributed by atoms with van der Waals surface area (Å²) in [7, 11) is 0. The van der Waals surface area contributed by atoms with Gasteiger partial charge in [-0.25, -0.2) is 0 Å². The van der Waals surface area contributed by atoms with E-state index in [0.717, 1.165) is 17.5 Å². The van der Waals surface area contributed by atoms with Crippen LogP contribution in [0.15, 0.2) is 12.1 Å². The highest BCUT2D eigenvalue weighted by Gasteiger charge is 2.31. The van der Waals surface area contributed by atoms with Gasteiger partial charge in [0.25, 0.3) is 0 Å². The van der Waals surface area contributed by atoms with Crippen molar-refractivity contribution in [2.75, 3.05) is 0 Å². The van der Waals surface area contributed by atoms with Crippen molar-refractivity contribution in [3.8, 4) is 11.5 Å². The van der Waals surface area contributed by atoms with Crippen LogP contribution in [0.4, 0.5) is 0 Å². The molecule has 2 heteroatoms. The molecule has 1 aromatic rings. The molecule has 0 fully saturated rings. The smallest absolute Gasteiger partial charge is 0.122 e. The van der Waals surface area contributed by atoms with Crippen molar-refractivity contribution in [3.05, 3.63) is 23.3 Å². The Balaban J connectivity index is 2.12. The molecule has 0 spiro atoms. The Morgan fingerprint density at radius 2 is 2.00 bits per heavy atom. The Hall–Kier alpha value is -1.18. The van der Waals surface area contributed by atoms with E-state index in [1.165, 1.54) is 31.7 Å². The molecule has 2 atom stereocenters. The van der Waals surface area contributed by atoms with Crippen molar-refractivity contribution < 1.29 is 10.2 Å². The lowest BCUT2D eigenvalue weighted by molar-refractivity contribution is 0.420. The Morgan fingerprint density at radius 3 is 2.71 bits per heavy atom. The van der Waals surface area contributed by atoms with Crippen molar-refractivity contribution in [1.82, 2.24) is 0 Å². The number of hydrogen-bond donors (Lipinski definition) is 2. The molecule has 1 aromatic carbocycles. The third-order valence-corrected chi connectivity index (χ3v) is 4.09. The minimum absolute atomic E-state index is 0.183. The molecule has 2 rings (SSSR count). The fraction of sp³-hybridized carbons (Fsp3) is 0.600. The molecule has 0 aromatic heterocycles. The van der Waals surface area contributed by atoms with E-state index in [4.69, 9.17) is 0 Å². The Kier molecular flexibility index (Phi) is 3.60. The molecule has 0 radical (unpaired) electrons. The number of phenolic OH excluding ortho intramolecular Hbond substituents is 2. The number of benzene rings is 1. The van der Waals surface area contributed by atoms with Gasteiger partial charge in [-0.2, -0.15) is 0 Å². The van der Waals surface area contributed by atoms with Crippen LogP contribution in [0.25, 0.3) is 0 Å². The fourth-order valence-corrected chi connectivity index (χ4v) is 2.99. The second-order valence-corrected chi connectivity index (χ2v) is 5.28. The second-order valence-electron chi connectivity index (χ2n) is 5.28. The maximum absolute atomic E-state index is 9.86. The highest BCUT2D eigenvalue weighted by Crippen LogP contribution is 2.45. The molecular formula is C15H22O2. The predicted octanol–water partition coefficient (Wildman–Crippen LogP) is 3.95. The maximum Gasteiger partial charge on any atom is 0.122 e. The number of unbranched alkanes of at least 4 members (excludes halogenated alkanes) is 2. The molecule has 0 saturated heterocycles. The third-order valence-electron chi connectivity index (χ3n) is 4.09. The largest absolute Gasteiger partial charge is 0.508 e. The van der Waals surface area contributed by atoms with Crippen LogP contribution in [-0.4, -0.2) is 10.2 Å². The van der Waals surface area contributed by atoms with Crippen LogP contribution in [0.1, 0.15) is 56.6 Å². The standard InChI is InChI=1S/C15H22O2/c1-3-4-5-6-11-7-14-13(10(11)2)8-12(16)9-15(14)17/h8-11,16-17H,3-7H2,1-2H3/t10-,11-/m0/s1. The monoisotopic (exact) mass is 234 g/mol. The van der Waals surface area contributed by atoms with Gasteiger partial charge in [0.05, 0.1) is 0 Å². The molecule has 1 aliphatic carbocycles. The number of rotatable bonds is 4. The molecule has 0 heterocycles. The minimum atomic E-state index is 0.183. The average molecular weight is 234 g/mol. The first-order valence-corrected chi connectivity index (χ1v) is 6.68. The van der Waals surface area contributed by atoms with Crippen molar-refractivity contribution in [2.24, 2.45) is 5.92 Å². The first kappa shape index (κ1) is 12.3. The molecule has 0 aliphatic heterocycles. The Labute approximate surface area is 103 Å². The van der Waals surface area contributed by atoms with Crippen LogP contribution in [-0.2, 0) is 6.42 Å². The Morgan fingerprint density at radius 1 is 1.24 bits per heavy atom. The lowest BCUT2D eigenvalue weighted by Gasteiger charge is -2.15. The quantitative estimate of drug-likeness (QED) is 0.774. The third kappa shape index (κ3) is 2.41. The highest BCUT2D eigenvalue weighted by atomic mass is 16.3. The fourth-order valence-electron chi connectivity index (χ4n) is 2.99. The second kappa shape index (κ2) is 4.99. The van der Waals surface area contributed by atoms with E-state index in [0.29, 0.717) is 11.8 Å². The summed E-state index contributed by atoms with van der Waals surface area (Å²) in [5.41, 5.74) is 2.20. The van der Waals surface area contributed by atoms with E-state index in [1.54, 1.807) is 0 Å². The number of hydrogen-bond acceptors (Lipinski definition) is 2. The lowest BCUT2D eigenvalue weighted by Crippen LogP contribution is -2.04. The van der Waals surface area contributed by atoms with E-state index >= 15 is 0 Å². The summed E-state index contributed by atoms with van der Waals surface area (Å²) < 4.78 is 0. The van der Waals surface area contributed by atoms with E-state index in [2.05, 4.69) is 13.8 Å². The molecule has 17 heavy (non-hydrogen) atoms. The summed E-state index contributed by atoms with van der Waals surface area (Å²) >= 11 is 0. The average Bonchev–Trinajstić information content (AvgIpc) is 2.58. The number of aromatic hydroxyl groups is 2. The van der Waals surface area contributed by atoms with Crippen LogP contribution >= 0.6 is 0 Å². The molecule has 2 nitrogen and oxygen atoms in total. The van der Waals surface area contributed by atoms with Gasteiger partial charge in [0.15, 0.2) is 0 Å². The summed E-state index contributed by atoms with van der Waals surface area (Å²) in [4.78, 5) is 0. The van der Waals surface area contributed by atoms with Gasteiger partial charge in [0.2, 0.25) is 0 Å². The molecule has 0 bridgehead atoms. The zero-order valence-electron chi connectivity index (χ0n) is 10.7. The zero-order valence-corrected chi connectivity index (χ0v) is 10.7. The summed E-state index contributed by atoms with van der Waals surface area (Å²) in [6.45, 7) is 4.43. The van der Waals surface area contributed by atoms with Crippen LogP contribution in [0.2, 0.25) is 0 Å². The van der Waals surface area contributed by atoms with Crippen molar-refractivity contribution >= 4 is 0 Å². The molecule has 94 valence electrons. The van der Waals surface area contributed by atoms with Gasteiger partial charge in [0, 0.05) is 6.07 Å². The van der Waals surface area contributed by atoms with Gasteiger partial charge in [0.1, 0.15) is 11.5 Å². The van der Waals surface area contributed by atoms with Crippen LogP contribution in [0.3, 0.4) is 0 Å². The molecule has 0 saturated carbocycles. The van der Waals surface area contributed by atoms with Gasteiger partial charge >= 0.3 is 0 Å². The van der Waals surface area contributed by atoms with Gasteiger partial charge in [-0.15, -0.1) is 0 Å². The molecular weight excluding hydrogens is 212 g/mol. The van der Waals surface area contributed by atoms with Crippen LogP contribution in [0.5, 0.6) is 11.5 Å². The van der Waals surface area contributed by atoms with Gasteiger partial charge in [-0.1, -0.05) is 33.1 Å². The molecule has 1 aliphatic rings. The van der Waals surface area contributed by atoms with Crippen LogP contribution < -0.4 is 0 Å². The normalized spacial score (nSPS) is 22.7. The summed E-state index contributed by atoms with van der Waals surface area (Å²) in [5, 5.41) is 19.4. The topological polar surface area (TPSA) is 40.5 Å². The van der Waals surface area contributed by atoms with Crippen molar-refractivity contribution in [2.45, 2.75) is 51.9 Å². The summed E-state index contributed by atoms with van der Waals surface area (Å²) in [5.74, 6) is 1.54. The van der Waals surface area contributed by atoms with Gasteiger partial charge in [-0.3, -0.25) is 0 Å².